The molecule has 1 heterocycles. The molecule has 1 saturated carbocycles. The average molecular weight is 423 g/mol. The van der Waals surface area contributed by atoms with Crippen LogP contribution in [0, 0.1) is 11.8 Å². The molecule has 2 atom stereocenters. The molecule has 1 aliphatic carbocycles. The Balaban J connectivity index is 1.53. The number of piperazine rings is 1. The summed E-state index contributed by atoms with van der Waals surface area (Å²) in [6, 6.07) is 6.99. The molecule has 0 unspecified atom stereocenters. The summed E-state index contributed by atoms with van der Waals surface area (Å²) >= 11 is 0. The Kier molecular flexibility index (Phi) is 6.06. The van der Waals surface area contributed by atoms with Gasteiger partial charge in [0.15, 0.2) is 6.61 Å². The normalized spacial score (nSPS) is 23.0. The molecule has 0 N–H and O–H groups in total. The molecule has 2 aliphatic rings. The highest BCUT2D eigenvalue weighted by Gasteiger charge is 2.41. The van der Waals surface area contributed by atoms with Crippen LogP contribution < -0.4 is 0 Å². The molecule has 0 bridgehead atoms. The summed E-state index contributed by atoms with van der Waals surface area (Å²) in [5.41, 5.74) is 1.02. The van der Waals surface area contributed by atoms with E-state index in [0.717, 1.165) is 12.0 Å². The van der Waals surface area contributed by atoms with Crippen LogP contribution in [0.4, 0.5) is 0 Å². The summed E-state index contributed by atoms with van der Waals surface area (Å²) in [5.74, 6) is -0.331. The number of hydrogen-bond acceptors (Lipinski definition) is 5. The SMILES string of the molecule is C[C@H]1C[C@H]1C(=O)OCC(=O)N1CCN(S(=O)(=O)c2ccc(C(C)(C)C)cc2)CC1. The van der Waals surface area contributed by atoms with Gasteiger partial charge < -0.3 is 9.64 Å². The van der Waals surface area contributed by atoms with Gasteiger partial charge in [-0.3, -0.25) is 9.59 Å². The minimum absolute atomic E-state index is 0.0463. The number of rotatable bonds is 5. The van der Waals surface area contributed by atoms with Crippen molar-refractivity contribution < 1.29 is 22.7 Å². The van der Waals surface area contributed by atoms with E-state index in [2.05, 4.69) is 20.8 Å². The molecule has 1 saturated heterocycles. The van der Waals surface area contributed by atoms with Crippen LogP contribution in [0.5, 0.6) is 0 Å². The maximum atomic E-state index is 12.9. The Morgan fingerprint density at radius 3 is 2.10 bits per heavy atom. The van der Waals surface area contributed by atoms with Crippen molar-refractivity contribution in [2.45, 2.75) is 44.4 Å². The second-order valence-corrected chi connectivity index (χ2v) is 10.9. The summed E-state index contributed by atoms with van der Waals surface area (Å²) in [4.78, 5) is 25.8. The quantitative estimate of drug-likeness (QED) is 0.678. The van der Waals surface area contributed by atoms with Gasteiger partial charge in [-0.05, 0) is 35.4 Å². The minimum atomic E-state index is -3.60. The molecule has 2 fully saturated rings. The summed E-state index contributed by atoms with van der Waals surface area (Å²) in [5, 5.41) is 0. The highest BCUT2D eigenvalue weighted by Crippen LogP contribution is 2.38. The fourth-order valence-corrected chi connectivity index (χ4v) is 4.86. The zero-order chi connectivity index (χ0) is 21.4. The van der Waals surface area contributed by atoms with Gasteiger partial charge in [0.1, 0.15) is 0 Å². The van der Waals surface area contributed by atoms with Crippen LogP contribution in [0.2, 0.25) is 0 Å². The van der Waals surface area contributed by atoms with E-state index in [0.29, 0.717) is 5.92 Å². The minimum Gasteiger partial charge on any atom is -0.455 e. The van der Waals surface area contributed by atoms with E-state index in [-0.39, 0.29) is 60.9 Å². The molecule has 1 aromatic carbocycles. The van der Waals surface area contributed by atoms with Gasteiger partial charge >= 0.3 is 5.97 Å². The Morgan fingerprint density at radius 1 is 1.07 bits per heavy atom. The first-order valence-electron chi connectivity index (χ1n) is 10.1. The van der Waals surface area contributed by atoms with Crippen molar-refractivity contribution in [3.05, 3.63) is 29.8 Å². The van der Waals surface area contributed by atoms with E-state index in [4.69, 9.17) is 4.74 Å². The molecule has 7 nitrogen and oxygen atoms in total. The van der Waals surface area contributed by atoms with Gasteiger partial charge in [0, 0.05) is 26.2 Å². The van der Waals surface area contributed by atoms with Crippen LogP contribution in [0.3, 0.4) is 0 Å². The molecule has 3 rings (SSSR count). The molecule has 29 heavy (non-hydrogen) atoms. The first-order valence-corrected chi connectivity index (χ1v) is 11.5. The van der Waals surface area contributed by atoms with E-state index in [1.807, 2.05) is 19.1 Å². The van der Waals surface area contributed by atoms with E-state index in [1.54, 1.807) is 17.0 Å². The van der Waals surface area contributed by atoms with Gasteiger partial charge in [-0.1, -0.05) is 39.8 Å². The van der Waals surface area contributed by atoms with Gasteiger partial charge in [-0.15, -0.1) is 0 Å². The van der Waals surface area contributed by atoms with Crippen molar-refractivity contribution >= 4 is 21.9 Å². The largest absolute Gasteiger partial charge is 0.455 e. The summed E-state index contributed by atoms with van der Waals surface area (Å²) in [7, 11) is -3.60. The fourth-order valence-electron chi connectivity index (χ4n) is 3.44. The van der Waals surface area contributed by atoms with E-state index in [1.165, 1.54) is 4.31 Å². The number of sulfonamides is 1. The molecule has 0 spiro atoms. The second-order valence-electron chi connectivity index (χ2n) is 8.99. The lowest BCUT2D eigenvalue weighted by Gasteiger charge is -2.34. The van der Waals surface area contributed by atoms with Crippen molar-refractivity contribution in [2.24, 2.45) is 11.8 Å². The fraction of sp³-hybridized carbons (Fsp3) is 0.619. The molecule has 1 amide bonds. The number of ether oxygens (including phenoxy) is 1. The van der Waals surface area contributed by atoms with Gasteiger partial charge in [0.2, 0.25) is 10.0 Å². The van der Waals surface area contributed by atoms with Crippen molar-refractivity contribution in [2.75, 3.05) is 32.8 Å². The standard InChI is InChI=1S/C21H30N2O5S/c1-15-13-18(15)20(25)28-14-19(24)22-9-11-23(12-10-22)29(26,27)17-7-5-16(6-8-17)21(2,3)4/h5-8,15,18H,9-14H2,1-4H3/t15-,18+/m0/s1. The van der Waals surface area contributed by atoms with E-state index >= 15 is 0 Å². The van der Waals surface area contributed by atoms with Gasteiger partial charge in [-0.2, -0.15) is 4.31 Å². The molecule has 1 aliphatic heterocycles. The summed E-state index contributed by atoms with van der Waals surface area (Å²) in [6.45, 7) is 8.96. The first kappa shape index (κ1) is 21.8. The van der Waals surface area contributed by atoms with Crippen molar-refractivity contribution in [1.82, 2.24) is 9.21 Å². The van der Waals surface area contributed by atoms with Crippen LogP contribution in [0.15, 0.2) is 29.2 Å². The zero-order valence-electron chi connectivity index (χ0n) is 17.6. The van der Waals surface area contributed by atoms with Crippen LogP contribution in [-0.4, -0.2) is 62.3 Å². The maximum absolute atomic E-state index is 12.9. The maximum Gasteiger partial charge on any atom is 0.309 e. The monoisotopic (exact) mass is 422 g/mol. The number of benzene rings is 1. The Labute approximate surface area is 173 Å². The van der Waals surface area contributed by atoms with Gasteiger partial charge in [0.25, 0.3) is 5.91 Å². The van der Waals surface area contributed by atoms with Crippen molar-refractivity contribution in [3.8, 4) is 0 Å². The summed E-state index contributed by atoms with van der Waals surface area (Å²) < 4.78 is 32.3. The van der Waals surface area contributed by atoms with Crippen LogP contribution in [0.1, 0.15) is 39.7 Å². The Morgan fingerprint density at radius 2 is 1.62 bits per heavy atom. The molecular formula is C21H30N2O5S. The smallest absolute Gasteiger partial charge is 0.309 e. The second kappa shape index (κ2) is 8.07. The average Bonchev–Trinajstić information content (AvgIpc) is 3.42. The number of esters is 1. The third-order valence-corrected chi connectivity index (χ3v) is 7.61. The van der Waals surface area contributed by atoms with Crippen molar-refractivity contribution in [3.63, 3.8) is 0 Å². The molecule has 0 aromatic heterocycles. The third kappa shape index (κ3) is 4.98. The predicted molar refractivity (Wildman–Crippen MR) is 109 cm³/mol. The number of carbonyl (C=O) groups excluding carboxylic acids is 2. The van der Waals surface area contributed by atoms with E-state index in [9.17, 15) is 18.0 Å². The van der Waals surface area contributed by atoms with Crippen molar-refractivity contribution in [1.29, 1.82) is 0 Å². The van der Waals surface area contributed by atoms with Gasteiger partial charge in [-0.25, -0.2) is 8.42 Å². The highest BCUT2D eigenvalue weighted by atomic mass is 32.2. The van der Waals surface area contributed by atoms with E-state index < -0.39 is 10.0 Å². The molecule has 8 heteroatoms. The lowest BCUT2D eigenvalue weighted by Crippen LogP contribution is -2.51. The lowest BCUT2D eigenvalue weighted by atomic mass is 9.87. The van der Waals surface area contributed by atoms with Crippen LogP contribution in [0.25, 0.3) is 0 Å². The Bertz CT molecular complexity index is 865. The summed E-state index contributed by atoms with van der Waals surface area (Å²) in [6.07, 6.45) is 0.820. The lowest BCUT2D eigenvalue weighted by molar-refractivity contribution is -0.153. The molecule has 160 valence electrons. The number of amides is 1. The number of nitrogens with zero attached hydrogens (tertiary/aromatic N) is 2. The number of carbonyl (C=O) groups is 2. The predicted octanol–water partition coefficient (Wildman–Crippen LogP) is 2.02. The number of hydrogen-bond donors (Lipinski definition) is 0. The zero-order valence-corrected chi connectivity index (χ0v) is 18.4. The Hall–Kier alpha value is -1.93. The van der Waals surface area contributed by atoms with Crippen LogP contribution >= 0.6 is 0 Å². The third-order valence-electron chi connectivity index (χ3n) is 5.70. The molecular weight excluding hydrogens is 392 g/mol. The van der Waals surface area contributed by atoms with Gasteiger partial charge in [0.05, 0.1) is 10.8 Å². The first-order chi connectivity index (χ1) is 13.5. The highest BCUT2D eigenvalue weighted by molar-refractivity contribution is 7.89. The molecule has 0 radical (unpaired) electrons. The van der Waals surface area contributed by atoms with Crippen LogP contribution in [-0.2, 0) is 29.8 Å². The molecule has 1 aromatic rings. The topological polar surface area (TPSA) is 84.0 Å².